The Labute approximate surface area is 123 Å². The molecule has 104 valence electrons. The van der Waals surface area contributed by atoms with Crippen molar-refractivity contribution in [3.05, 3.63) is 51.8 Å². The van der Waals surface area contributed by atoms with Gasteiger partial charge in [0.15, 0.2) is 5.82 Å². The molecule has 2 aromatic carbocycles. The van der Waals surface area contributed by atoms with E-state index < -0.39 is 11.7 Å². The van der Waals surface area contributed by atoms with Crippen LogP contribution in [-0.2, 0) is 0 Å². The van der Waals surface area contributed by atoms with E-state index in [1.165, 1.54) is 18.2 Å². The Balaban J connectivity index is 2.33. The molecule has 2 aromatic rings. The van der Waals surface area contributed by atoms with E-state index in [0.717, 1.165) is 12.1 Å². The number of phenols is 2. The fourth-order valence-corrected chi connectivity index (χ4v) is 2.07. The van der Waals surface area contributed by atoms with Crippen LogP contribution in [0, 0.1) is 5.82 Å². The third kappa shape index (κ3) is 2.79. The molecule has 0 aliphatic rings. The molecule has 0 heterocycles. The summed E-state index contributed by atoms with van der Waals surface area (Å²) in [6.07, 6.45) is 0. The van der Waals surface area contributed by atoms with Crippen LogP contribution in [0.5, 0.6) is 11.5 Å². The Bertz CT molecular complexity index is 648. The van der Waals surface area contributed by atoms with Gasteiger partial charge in [-0.3, -0.25) is 4.79 Å². The molecule has 20 heavy (non-hydrogen) atoms. The molecular formula is C13H8Cl2FNO3. The number of anilines is 1. The number of aromatic hydroxyl groups is 2. The van der Waals surface area contributed by atoms with Crippen molar-refractivity contribution in [3.8, 4) is 11.5 Å². The average Bonchev–Trinajstić information content (AvgIpc) is 2.35. The lowest BCUT2D eigenvalue weighted by Gasteiger charge is -2.09. The molecule has 2 rings (SSSR count). The van der Waals surface area contributed by atoms with E-state index in [9.17, 15) is 19.4 Å². The zero-order chi connectivity index (χ0) is 14.9. The SMILES string of the molecule is O=C(Nc1cc(Cl)c(F)c(Cl)c1)c1c(O)cccc1O. The van der Waals surface area contributed by atoms with Gasteiger partial charge in [0.1, 0.15) is 17.1 Å². The van der Waals surface area contributed by atoms with E-state index in [1.54, 1.807) is 0 Å². The molecule has 4 nitrogen and oxygen atoms in total. The fraction of sp³-hybridized carbons (Fsp3) is 0. The van der Waals surface area contributed by atoms with Crippen LogP contribution >= 0.6 is 23.2 Å². The molecule has 7 heteroatoms. The summed E-state index contributed by atoms with van der Waals surface area (Å²) < 4.78 is 13.2. The predicted molar refractivity (Wildman–Crippen MR) is 74.1 cm³/mol. The molecule has 0 spiro atoms. The molecule has 0 bridgehead atoms. The first-order valence-corrected chi connectivity index (χ1v) is 6.12. The van der Waals surface area contributed by atoms with E-state index >= 15 is 0 Å². The first kappa shape index (κ1) is 14.4. The first-order valence-electron chi connectivity index (χ1n) is 5.37. The summed E-state index contributed by atoms with van der Waals surface area (Å²) in [4.78, 5) is 12.0. The number of amides is 1. The summed E-state index contributed by atoms with van der Waals surface area (Å²) in [6, 6.07) is 6.21. The Morgan fingerprint density at radius 1 is 1.10 bits per heavy atom. The van der Waals surface area contributed by atoms with E-state index in [-0.39, 0.29) is 32.8 Å². The van der Waals surface area contributed by atoms with Crippen LogP contribution in [0.25, 0.3) is 0 Å². The van der Waals surface area contributed by atoms with Crippen molar-refractivity contribution in [2.75, 3.05) is 5.32 Å². The maximum absolute atomic E-state index is 13.2. The zero-order valence-electron chi connectivity index (χ0n) is 9.82. The summed E-state index contributed by atoms with van der Waals surface area (Å²) in [6.45, 7) is 0. The van der Waals surface area contributed by atoms with E-state index in [1.807, 2.05) is 0 Å². The molecule has 0 saturated carbocycles. The van der Waals surface area contributed by atoms with Crippen molar-refractivity contribution in [2.24, 2.45) is 0 Å². The van der Waals surface area contributed by atoms with Crippen molar-refractivity contribution >= 4 is 34.8 Å². The zero-order valence-corrected chi connectivity index (χ0v) is 11.3. The molecule has 0 aliphatic heterocycles. The second kappa shape index (κ2) is 5.56. The minimum atomic E-state index is -0.795. The number of carbonyl (C=O) groups is 1. The molecule has 0 atom stereocenters. The summed E-state index contributed by atoms with van der Waals surface area (Å²) in [5.41, 5.74) is -0.168. The molecule has 1 amide bonds. The van der Waals surface area contributed by atoms with Crippen molar-refractivity contribution in [3.63, 3.8) is 0 Å². The third-order valence-corrected chi connectivity index (χ3v) is 3.04. The van der Waals surface area contributed by atoms with Gasteiger partial charge in [-0.05, 0) is 24.3 Å². The number of hydrogen-bond donors (Lipinski definition) is 3. The summed E-state index contributed by atoms with van der Waals surface area (Å²) >= 11 is 11.2. The second-order valence-corrected chi connectivity index (χ2v) is 4.69. The maximum Gasteiger partial charge on any atom is 0.263 e. The van der Waals surface area contributed by atoms with Crippen molar-refractivity contribution in [2.45, 2.75) is 0 Å². The number of benzene rings is 2. The van der Waals surface area contributed by atoms with Crippen LogP contribution in [0.1, 0.15) is 10.4 Å². The van der Waals surface area contributed by atoms with Crippen LogP contribution < -0.4 is 5.32 Å². The van der Waals surface area contributed by atoms with Crippen LogP contribution in [-0.4, -0.2) is 16.1 Å². The van der Waals surface area contributed by atoms with E-state index in [2.05, 4.69) is 5.32 Å². The molecule has 0 aromatic heterocycles. The minimum absolute atomic E-state index is 0.133. The van der Waals surface area contributed by atoms with Crippen LogP contribution in [0.3, 0.4) is 0 Å². The van der Waals surface area contributed by atoms with Gasteiger partial charge in [-0.25, -0.2) is 4.39 Å². The highest BCUT2D eigenvalue weighted by Gasteiger charge is 2.17. The van der Waals surface area contributed by atoms with Gasteiger partial charge >= 0.3 is 0 Å². The fourth-order valence-electron chi connectivity index (χ4n) is 1.58. The van der Waals surface area contributed by atoms with Gasteiger partial charge < -0.3 is 15.5 Å². The lowest BCUT2D eigenvalue weighted by molar-refractivity contribution is 0.102. The summed E-state index contributed by atoms with van der Waals surface area (Å²) in [7, 11) is 0. The monoisotopic (exact) mass is 315 g/mol. The number of hydrogen-bond acceptors (Lipinski definition) is 3. The van der Waals surface area contributed by atoms with Crippen LogP contribution in [0.4, 0.5) is 10.1 Å². The topological polar surface area (TPSA) is 69.6 Å². The van der Waals surface area contributed by atoms with Crippen molar-refractivity contribution < 1.29 is 19.4 Å². The quantitative estimate of drug-likeness (QED) is 0.738. The van der Waals surface area contributed by atoms with Gasteiger partial charge in [0.25, 0.3) is 5.91 Å². The smallest absolute Gasteiger partial charge is 0.263 e. The molecule has 3 N–H and O–H groups in total. The second-order valence-electron chi connectivity index (χ2n) is 3.88. The van der Waals surface area contributed by atoms with Gasteiger partial charge in [0, 0.05) is 5.69 Å². The van der Waals surface area contributed by atoms with Crippen LogP contribution in [0.2, 0.25) is 10.0 Å². The van der Waals surface area contributed by atoms with E-state index in [4.69, 9.17) is 23.2 Å². The largest absolute Gasteiger partial charge is 0.507 e. The molecule has 0 aliphatic carbocycles. The molecule has 0 fully saturated rings. The van der Waals surface area contributed by atoms with E-state index in [0.29, 0.717) is 0 Å². The molecule has 0 radical (unpaired) electrons. The van der Waals surface area contributed by atoms with Gasteiger partial charge in [0.05, 0.1) is 10.0 Å². The number of phenolic OH excluding ortho intramolecular Hbond substituents is 2. The highest BCUT2D eigenvalue weighted by atomic mass is 35.5. The number of rotatable bonds is 2. The Hall–Kier alpha value is -1.98. The molecular weight excluding hydrogens is 308 g/mol. The van der Waals surface area contributed by atoms with Gasteiger partial charge in [0.2, 0.25) is 0 Å². The van der Waals surface area contributed by atoms with Gasteiger partial charge in [-0.1, -0.05) is 29.3 Å². The highest BCUT2D eigenvalue weighted by molar-refractivity contribution is 6.35. The summed E-state index contributed by atoms with van der Waals surface area (Å²) in [5, 5.41) is 21.0. The molecule has 0 saturated heterocycles. The first-order chi connectivity index (χ1) is 9.40. The molecule has 0 unspecified atom stereocenters. The number of carbonyl (C=O) groups excluding carboxylic acids is 1. The standard InChI is InChI=1S/C13H8Cl2FNO3/c14-7-4-6(5-8(15)12(7)16)17-13(20)11-9(18)2-1-3-10(11)19/h1-5,18-19H,(H,17,20). The lowest BCUT2D eigenvalue weighted by atomic mass is 10.1. The Morgan fingerprint density at radius 2 is 1.60 bits per heavy atom. The predicted octanol–water partition coefficient (Wildman–Crippen LogP) is 3.80. The number of nitrogens with one attached hydrogen (secondary N) is 1. The normalized spacial score (nSPS) is 10.3. The lowest BCUT2D eigenvalue weighted by Crippen LogP contribution is -2.12. The van der Waals surface area contributed by atoms with Crippen LogP contribution in [0.15, 0.2) is 30.3 Å². The average molecular weight is 316 g/mol. The maximum atomic E-state index is 13.2. The minimum Gasteiger partial charge on any atom is -0.507 e. The third-order valence-electron chi connectivity index (χ3n) is 2.49. The van der Waals surface area contributed by atoms with Crippen molar-refractivity contribution in [1.82, 2.24) is 0 Å². The van der Waals surface area contributed by atoms with Crippen molar-refractivity contribution in [1.29, 1.82) is 0 Å². The van der Waals surface area contributed by atoms with Gasteiger partial charge in [-0.2, -0.15) is 0 Å². The van der Waals surface area contributed by atoms with Gasteiger partial charge in [-0.15, -0.1) is 0 Å². The number of halogens is 3. The summed E-state index contributed by atoms with van der Waals surface area (Å²) in [5.74, 6) is -2.35. The Morgan fingerprint density at radius 3 is 2.10 bits per heavy atom. The Kier molecular flexibility index (Phi) is 4.01. The highest BCUT2D eigenvalue weighted by Crippen LogP contribution is 2.30.